The number of alkyl halides is 3. The number of para-hydroxylation sites is 1. The Bertz CT molecular complexity index is 606. The van der Waals surface area contributed by atoms with Crippen LogP contribution in [0.15, 0.2) is 33.9 Å². The molecule has 0 bridgehead atoms. The molecule has 114 valence electrons. The molecule has 0 aliphatic carbocycles. The first-order valence-corrected chi connectivity index (χ1v) is 7.05. The van der Waals surface area contributed by atoms with Crippen LogP contribution in [-0.2, 0) is 6.61 Å². The smallest absolute Gasteiger partial charge is 0.400 e. The number of rotatable bonds is 5. The average Bonchev–Trinajstić information content (AvgIpc) is 2.84. The molecule has 1 atom stereocenters. The van der Waals surface area contributed by atoms with E-state index >= 15 is 0 Å². The van der Waals surface area contributed by atoms with Crippen LogP contribution in [0.1, 0.15) is 12.8 Å². The van der Waals surface area contributed by atoms with Crippen LogP contribution in [-0.4, -0.2) is 21.6 Å². The van der Waals surface area contributed by atoms with E-state index in [0.717, 1.165) is 6.92 Å². The van der Waals surface area contributed by atoms with Gasteiger partial charge in [-0.1, -0.05) is 35.5 Å². The second-order valence-corrected chi connectivity index (χ2v) is 5.68. The van der Waals surface area contributed by atoms with Crippen molar-refractivity contribution in [3.8, 4) is 5.75 Å². The number of aromatic nitrogens is 2. The van der Waals surface area contributed by atoms with Crippen LogP contribution >= 0.6 is 23.4 Å². The first kappa shape index (κ1) is 16.0. The SMILES string of the molecule is C[C@@H](Sc1nnc(COc2ccccc2Cl)o1)C(F)(F)F. The molecule has 1 aromatic heterocycles. The van der Waals surface area contributed by atoms with Crippen molar-refractivity contribution in [3.05, 3.63) is 35.2 Å². The third kappa shape index (κ3) is 4.53. The molecule has 21 heavy (non-hydrogen) atoms. The van der Waals surface area contributed by atoms with Crippen molar-refractivity contribution in [2.45, 2.75) is 30.2 Å². The van der Waals surface area contributed by atoms with Gasteiger partial charge in [-0.3, -0.25) is 0 Å². The monoisotopic (exact) mass is 338 g/mol. The zero-order chi connectivity index (χ0) is 15.5. The van der Waals surface area contributed by atoms with Crippen LogP contribution in [0.25, 0.3) is 0 Å². The van der Waals surface area contributed by atoms with E-state index in [2.05, 4.69) is 10.2 Å². The number of hydrogen-bond acceptors (Lipinski definition) is 5. The second-order valence-electron chi connectivity index (χ2n) is 3.98. The Hall–Kier alpha value is -1.41. The highest BCUT2D eigenvalue weighted by Gasteiger charge is 2.38. The Morgan fingerprint density at radius 1 is 1.33 bits per heavy atom. The van der Waals surface area contributed by atoms with Crippen LogP contribution in [0.4, 0.5) is 13.2 Å². The van der Waals surface area contributed by atoms with Crippen LogP contribution in [0.3, 0.4) is 0 Å². The Morgan fingerprint density at radius 3 is 2.71 bits per heavy atom. The van der Waals surface area contributed by atoms with E-state index < -0.39 is 11.4 Å². The molecule has 0 N–H and O–H groups in total. The van der Waals surface area contributed by atoms with Crippen molar-refractivity contribution in [2.75, 3.05) is 0 Å². The minimum absolute atomic E-state index is 0.0717. The van der Waals surface area contributed by atoms with E-state index in [0.29, 0.717) is 22.5 Å². The molecule has 9 heteroatoms. The van der Waals surface area contributed by atoms with E-state index in [1.54, 1.807) is 24.3 Å². The van der Waals surface area contributed by atoms with Gasteiger partial charge in [0, 0.05) is 0 Å². The molecule has 1 heterocycles. The van der Waals surface area contributed by atoms with Crippen LogP contribution in [0.2, 0.25) is 5.02 Å². The molecule has 0 amide bonds. The third-order valence-corrected chi connectivity index (χ3v) is 3.67. The molecule has 1 aromatic carbocycles. The Morgan fingerprint density at radius 2 is 2.05 bits per heavy atom. The average molecular weight is 339 g/mol. The lowest BCUT2D eigenvalue weighted by Gasteiger charge is -2.11. The van der Waals surface area contributed by atoms with Crippen molar-refractivity contribution < 1.29 is 22.3 Å². The highest BCUT2D eigenvalue weighted by Crippen LogP contribution is 2.34. The van der Waals surface area contributed by atoms with Crippen molar-refractivity contribution in [1.29, 1.82) is 0 Å². The summed E-state index contributed by atoms with van der Waals surface area (Å²) in [5.74, 6) is 0.502. The largest absolute Gasteiger partial charge is 0.482 e. The highest BCUT2D eigenvalue weighted by atomic mass is 35.5. The van der Waals surface area contributed by atoms with Crippen molar-refractivity contribution >= 4 is 23.4 Å². The molecule has 0 radical (unpaired) electrons. The zero-order valence-electron chi connectivity index (χ0n) is 10.7. The molecular formula is C12H10ClF3N2O2S. The van der Waals surface area contributed by atoms with Gasteiger partial charge in [0.1, 0.15) is 11.0 Å². The van der Waals surface area contributed by atoms with E-state index in [1.807, 2.05) is 0 Å². The normalized spacial score (nSPS) is 13.2. The maximum Gasteiger partial charge on any atom is 0.400 e. The summed E-state index contributed by atoms with van der Waals surface area (Å²) < 4.78 is 47.6. The van der Waals surface area contributed by atoms with Gasteiger partial charge in [0.2, 0.25) is 0 Å². The number of thioether (sulfide) groups is 1. The number of nitrogens with zero attached hydrogens (tertiary/aromatic N) is 2. The number of benzene rings is 1. The highest BCUT2D eigenvalue weighted by molar-refractivity contribution is 7.99. The number of halogens is 4. The molecule has 0 saturated carbocycles. The fraction of sp³-hybridized carbons (Fsp3) is 0.333. The van der Waals surface area contributed by atoms with Gasteiger partial charge in [0.15, 0.2) is 6.61 Å². The topological polar surface area (TPSA) is 48.2 Å². The molecule has 2 aromatic rings. The molecule has 0 aliphatic rings. The first-order chi connectivity index (χ1) is 9.86. The Balaban J connectivity index is 1.93. The fourth-order valence-corrected chi connectivity index (χ4v) is 2.12. The van der Waals surface area contributed by atoms with Gasteiger partial charge in [0.25, 0.3) is 11.1 Å². The van der Waals surface area contributed by atoms with E-state index in [1.165, 1.54) is 0 Å². The van der Waals surface area contributed by atoms with Gasteiger partial charge in [0.05, 0.1) is 5.02 Å². The first-order valence-electron chi connectivity index (χ1n) is 5.79. The summed E-state index contributed by atoms with van der Waals surface area (Å²) in [4.78, 5) is 0. The molecule has 2 rings (SSSR count). The lowest BCUT2D eigenvalue weighted by atomic mass is 10.3. The van der Waals surface area contributed by atoms with Crippen molar-refractivity contribution in [1.82, 2.24) is 10.2 Å². The maximum atomic E-state index is 12.4. The van der Waals surface area contributed by atoms with E-state index in [9.17, 15) is 13.2 Å². The summed E-state index contributed by atoms with van der Waals surface area (Å²) in [6.45, 7) is 0.951. The molecule has 0 fully saturated rings. The summed E-state index contributed by atoms with van der Waals surface area (Å²) >= 11 is 6.34. The zero-order valence-corrected chi connectivity index (χ0v) is 12.3. The summed E-state index contributed by atoms with van der Waals surface area (Å²) in [5.41, 5.74) is 0. The van der Waals surface area contributed by atoms with E-state index in [4.69, 9.17) is 20.8 Å². The standard InChI is InChI=1S/C12H10ClF3N2O2S/c1-7(12(14,15)16)21-11-18-17-10(20-11)6-19-9-5-3-2-4-8(9)13/h2-5,7H,6H2,1H3/t7-/m1/s1. The molecule has 4 nitrogen and oxygen atoms in total. The molecule has 0 spiro atoms. The van der Waals surface area contributed by atoms with Gasteiger partial charge >= 0.3 is 6.18 Å². The summed E-state index contributed by atoms with van der Waals surface area (Å²) in [6.07, 6.45) is -4.33. The minimum Gasteiger partial charge on any atom is -0.482 e. The van der Waals surface area contributed by atoms with Gasteiger partial charge in [-0.15, -0.1) is 10.2 Å². The van der Waals surface area contributed by atoms with Crippen LogP contribution < -0.4 is 4.74 Å². The second kappa shape index (κ2) is 6.57. The predicted octanol–water partition coefficient (Wildman–Crippen LogP) is 4.34. The predicted molar refractivity (Wildman–Crippen MR) is 71.5 cm³/mol. The van der Waals surface area contributed by atoms with Gasteiger partial charge < -0.3 is 9.15 Å². The van der Waals surface area contributed by atoms with Gasteiger partial charge in [-0.25, -0.2) is 0 Å². The Labute approximate surface area is 127 Å². The number of ether oxygens (including phenoxy) is 1. The summed E-state index contributed by atoms with van der Waals surface area (Å²) in [6, 6.07) is 6.79. The molecule has 0 unspecified atom stereocenters. The minimum atomic E-state index is -4.33. The van der Waals surface area contributed by atoms with Gasteiger partial charge in [-0.05, 0) is 19.1 Å². The van der Waals surface area contributed by atoms with E-state index in [-0.39, 0.29) is 17.7 Å². The van der Waals surface area contributed by atoms with Crippen LogP contribution in [0.5, 0.6) is 5.75 Å². The lowest BCUT2D eigenvalue weighted by Crippen LogP contribution is -2.21. The maximum absolute atomic E-state index is 12.4. The summed E-state index contributed by atoms with van der Waals surface area (Å²) in [5, 5.41) is 5.79. The Kier molecular flexibility index (Phi) is 5.00. The third-order valence-electron chi connectivity index (χ3n) is 2.37. The summed E-state index contributed by atoms with van der Waals surface area (Å²) in [7, 11) is 0. The molecule has 0 saturated heterocycles. The molecular weight excluding hydrogens is 329 g/mol. The lowest BCUT2D eigenvalue weighted by molar-refractivity contribution is -0.125. The fourth-order valence-electron chi connectivity index (χ4n) is 1.26. The molecule has 0 aliphatic heterocycles. The van der Waals surface area contributed by atoms with Gasteiger partial charge in [-0.2, -0.15) is 13.2 Å². The number of hydrogen-bond donors (Lipinski definition) is 0. The van der Waals surface area contributed by atoms with Crippen molar-refractivity contribution in [2.24, 2.45) is 0 Å². The van der Waals surface area contributed by atoms with Crippen molar-refractivity contribution in [3.63, 3.8) is 0 Å². The quantitative estimate of drug-likeness (QED) is 0.759. The van der Waals surface area contributed by atoms with Crippen LogP contribution in [0, 0.1) is 0 Å².